The molecular weight excluding hydrogens is 255 g/mol. The quantitative estimate of drug-likeness (QED) is 0.729. The average molecular weight is 267 g/mol. The van der Waals surface area contributed by atoms with Gasteiger partial charge in [0.25, 0.3) is 0 Å². The van der Waals surface area contributed by atoms with Gasteiger partial charge in [0.15, 0.2) is 0 Å². The Balaban J connectivity index is 2.69. The summed E-state index contributed by atoms with van der Waals surface area (Å²) >= 11 is 3.42. The zero-order valence-electron chi connectivity index (χ0n) is 8.34. The summed E-state index contributed by atoms with van der Waals surface area (Å²) in [5.41, 5.74) is 2.02. The summed E-state index contributed by atoms with van der Waals surface area (Å²) in [7, 11) is 0. The summed E-state index contributed by atoms with van der Waals surface area (Å²) in [4.78, 5) is 0. The molecule has 0 radical (unpaired) electrons. The van der Waals surface area contributed by atoms with E-state index < -0.39 is 6.67 Å². The van der Waals surface area contributed by atoms with Crippen LogP contribution in [0.15, 0.2) is 36.4 Å². The lowest BCUT2D eigenvalue weighted by molar-refractivity contribution is 0.487. The molecule has 0 amide bonds. The van der Waals surface area contributed by atoms with Crippen molar-refractivity contribution in [2.45, 2.75) is 13.1 Å². The number of fused-ring (bicyclic) bond motifs is 1. The van der Waals surface area contributed by atoms with Gasteiger partial charge in [-0.15, -0.1) is 0 Å². The molecule has 0 saturated carbocycles. The van der Waals surface area contributed by atoms with E-state index in [0.29, 0.717) is 0 Å². The molecule has 0 unspecified atom stereocenters. The van der Waals surface area contributed by atoms with Gasteiger partial charge in [0.05, 0.1) is 0 Å². The molecule has 0 fully saturated rings. The molecule has 0 saturated heterocycles. The lowest BCUT2D eigenvalue weighted by Gasteiger charge is -2.08. The minimum Gasteiger partial charge on any atom is -0.246 e. The van der Waals surface area contributed by atoms with Crippen LogP contribution in [0.4, 0.5) is 4.39 Å². The van der Waals surface area contributed by atoms with Crippen LogP contribution in [-0.2, 0) is 13.1 Å². The molecule has 2 aromatic rings. The lowest BCUT2D eigenvalue weighted by atomic mass is 9.98. The van der Waals surface area contributed by atoms with E-state index in [1.807, 2.05) is 30.3 Å². The first kappa shape index (κ1) is 10.6. The van der Waals surface area contributed by atoms with Gasteiger partial charge in [-0.25, -0.2) is 4.39 Å². The Labute approximate surface area is 97.2 Å². The summed E-state index contributed by atoms with van der Waals surface area (Å²) < 4.78 is 12.9. The van der Waals surface area contributed by atoms with Crippen LogP contribution in [0.5, 0.6) is 0 Å². The molecule has 0 aliphatic carbocycles. The summed E-state index contributed by atoms with van der Waals surface area (Å²) in [6, 6.07) is 11.9. The molecule has 2 aromatic carbocycles. The Bertz CT molecular complexity index is 460. The lowest BCUT2D eigenvalue weighted by Crippen LogP contribution is -1.91. The van der Waals surface area contributed by atoms with Gasteiger partial charge in [-0.1, -0.05) is 52.3 Å². The van der Waals surface area contributed by atoms with Crippen molar-refractivity contribution >= 4 is 26.7 Å². The normalized spacial score (nSPS) is 10.8. The summed E-state index contributed by atoms with van der Waals surface area (Å²) in [6.45, 7) is -0.392. The molecule has 0 nitrogen and oxygen atoms in total. The molecule has 0 aromatic heterocycles. The SMILES string of the molecule is FCc1cccc2cccc(CCBr)c12. The van der Waals surface area contributed by atoms with E-state index in [2.05, 4.69) is 22.0 Å². The summed E-state index contributed by atoms with van der Waals surface area (Å²) in [5.74, 6) is 0. The van der Waals surface area contributed by atoms with Crippen LogP contribution in [0.1, 0.15) is 11.1 Å². The first-order valence-electron chi connectivity index (χ1n) is 4.98. The number of aryl methyl sites for hydroxylation is 1. The molecule has 0 atom stereocenters. The molecule has 0 bridgehead atoms. The Kier molecular flexibility index (Phi) is 3.37. The van der Waals surface area contributed by atoms with Crippen molar-refractivity contribution < 1.29 is 4.39 Å². The summed E-state index contributed by atoms with van der Waals surface area (Å²) in [6.07, 6.45) is 0.939. The van der Waals surface area contributed by atoms with E-state index in [0.717, 1.165) is 28.1 Å². The highest BCUT2D eigenvalue weighted by Crippen LogP contribution is 2.24. The summed E-state index contributed by atoms with van der Waals surface area (Å²) in [5, 5.41) is 3.12. The molecule has 0 aliphatic rings. The predicted octanol–water partition coefficient (Wildman–Crippen LogP) is 4.25. The number of alkyl halides is 2. The zero-order chi connectivity index (χ0) is 10.7. The highest BCUT2D eigenvalue weighted by atomic mass is 79.9. The maximum atomic E-state index is 12.9. The number of halogens is 2. The maximum absolute atomic E-state index is 12.9. The fourth-order valence-corrected chi connectivity index (χ4v) is 2.35. The van der Waals surface area contributed by atoms with Crippen molar-refractivity contribution in [3.8, 4) is 0 Å². The molecule has 2 heteroatoms. The molecule has 0 aliphatic heterocycles. The molecule has 0 heterocycles. The van der Waals surface area contributed by atoms with Crippen molar-refractivity contribution in [2.75, 3.05) is 5.33 Å². The van der Waals surface area contributed by atoms with E-state index in [4.69, 9.17) is 0 Å². The van der Waals surface area contributed by atoms with Crippen LogP contribution in [0, 0.1) is 0 Å². The Morgan fingerprint density at radius 2 is 1.67 bits per heavy atom. The van der Waals surface area contributed by atoms with E-state index in [1.54, 1.807) is 0 Å². The highest BCUT2D eigenvalue weighted by Gasteiger charge is 2.05. The predicted molar refractivity (Wildman–Crippen MR) is 66.3 cm³/mol. The van der Waals surface area contributed by atoms with Gasteiger partial charge in [-0.3, -0.25) is 0 Å². The molecule has 0 N–H and O–H groups in total. The minimum absolute atomic E-state index is 0.392. The van der Waals surface area contributed by atoms with Gasteiger partial charge < -0.3 is 0 Å². The standard InChI is InChI=1S/C13H12BrF/c14-8-7-11-5-1-3-10-4-2-6-12(9-15)13(10)11/h1-6H,7-9H2. The third-order valence-electron chi connectivity index (χ3n) is 2.59. The Morgan fingerprint density at radius 3 is 2.27 bits per heavy atom. The monoisotopic (exact) mass is 266 g/mol. The molecule has 15 heavy (non-hydrogen) atoms. The largest absolute Gasteiger partial charge is 0.246 e. The van der Waals surface area contributed by atoms with Crippen LogP contribution < -0.4 is 0 Å². The van der Waals surface area contributed by atoms with Crippen molar-refractivity contribution in [3.63, 3.8) is 0 Å². The fourth-order valence-electron chi connectivity index (χ4n) is 1.92. The van der Waals surface area contributed by atoms with Gasteiger partial charge in [-0.2, -0.15) is 0 Å². The second-order valence-electron chi connectivity index (χ2n) is 3.50. The smallest absolute Gasteiger partial charge is 0.115 e. The Hall–Kier alpha value is -0.890. The Morgan fingerprint density at radius 1 is 1.00 bits per heavy atom. The van der Waals surface area contributed by atoms with E-state index in [1.165, 1.54) is 5.56 Å². The minimum atomic E-state index is -0.392. The van der Waals surface area contributed by atoms with Crippen molar-refractivity contribution in [1.82, 2.24) is 0 Å². The topological polar surface area (TPSA) is 0 Å². The van der Waals surface area contributed by atoms with E-state index >= 15 is 0 Å². The van der Waals surface area contributed by atoms with Crippen LogP contribution in [-0.4, -0.2) is 5.33 Å². The van der Waals surface area contributed by atoms with Crippen molar-refractivity contribution in [3.05, 3.63) is 47.5 Å². The van der Waals surface area contributed by atoms with Crippen LogP contribution in [0.2, 0.25) is 0 Å². The van der Waals surface area contributed by atoms with Crippen LogP contribution in [0.3, 0.4) is 0 Å². The van der Waals surface area contributed by atoms with Gasteiger partial charge >= 0.3 is 0 Å². The average Bonchev–Trinajstić information content (AvgIpc) is 2.29. The molecule has 0 spiro atoms. The van der Waals surface area contributed by atoms with Crippen LogP contribution >= 0.6 is 15.9 Å². The maximum Gasteiger partial charge on any atom is 0.115 e. The molecular formula is C13H12BrF. The molecule has 78 valence electrons. The number of hydrogen-bond acceptors (Lipinski definition) is 0. The fraction of sp³-hybridized carbons (Fsp3) is 0.231. The number of rotatable bonds is 3. The van der Waals surface area contributed by atoms with Gasteiger partial charge in [0.1, 0.15) is 6.67 Å². The van der Waals surface area contributed by atoms with E-state index in [-0.39, 0.29) is 0 Å². The first-order valence-corrected chi connectivity index (χ1v) is 6.10. The third kappa shape index (κ3) is 2.05. The first-order chi connectivity index (χ1) is 7.36. The van der Waals surface area contributed by atoms with Crippen molar-refractivity contribution in [2.24, 2.45) is 0 Å². The second-order valence-corrected chi connectivity index (χ2v) is 4.30. The van der Waals surface area contributed by atoms with Gasteiger partial charge in [0, 0.05) is 5.33 Å². The van der Waals surface area contributed by atoms with Crippen LogP contribution in [0.25, 0.3) is 10.8 Å². The van der Waals surface area contributed by atoms with Crippen molar-refractivity contribution in [1.29, 1.82) is 0 Å². The third-order valence-corrected chi connectivity index (χ3v) is 2.98. The number of benzene rings is 2. The van der Waals surface area contributed by atoms with Gasteiger partial charge in [0.2, 0.25) is 0 Å². The zero-order valence-corrected chi connectivity index (χ0v) is 9.93. The van der Waals surface area contributed by atoms with E-state index in [9.17, 15) is 4.39 Å². The number of hydrogen-bond donors (Lipinski definition) is 0. The molecule has 2 rings (SSSR count). The highest BCUT2D eigenvalue weighted by molar-refractivity contribution is 9.09. The van der Waals surface area contributed by atoms with Gasteiger partial charge in [-0.05, 0) is 28.3 Å². The second kappa shape index (κ2) is 4.75.